The van der Waals surface area contributed by atoms with Crippen LogP contribution >= 0.6 is 0 Å². The smallest absolute Gasteiger partial charge is 0.0577 e. The van der Waals surface area contributed by atoms with Crippen LogP contribution < -0.4 is 0 Å². The molecule has 244 valence electrons. The summed E-state index contributed by atoms with van der Waals surface area (Å²) in [4.78, 5) is 0. The van der Waals surface area contributed by atoms with Crippen molar-refractivity contribution in [1.29, 1.82) is 0 Å². The van der Waals surface area contributed by atoms with Gasteiger partial charge in [0.1, 0.15) is 0 Å². The van der Waals surface area contributed by atoms with E-state index >= 15 is 0 Å². The minimum atomic E-state index is 0.0360. The number of aromatic nitrogens is 1. The lowest BCUT2D eigenvalue weighted by Gasteiger charge is -2.28. The number of fused-ring (bicyclic) bond motifs is 8. The van der Waals surface area contributed by atoms with Gasteiger partial charge in [0.05, 0.1) is 11.0 Å². The van der Waals surface area contributed by atoms with E-state index in [1.165, 1.54) is 134 Å². The van der Waals surface area contributed by atoms with Crippen molar-refractivity contribution in [2.24, 2.45) is 0 Å². The van der Waals surface area contributed by atoms with Gasteiger partial charge in [-0.25, -0.2) is 0 Å². The molecule has 6 aromatic rings. The Morgan fingerprint density at radius 3 is 2.21 bits per heavy atom. The summed E-state index contributed by atoms with van der Waals surface area (Å²) in [7, 11) is 0. The van der Waals surface area contributed by atoms with Gasteiger partial charge in [-0.1, -0.05) is 126 Å². The monoisotopic (exact) mass is 629 g/mol. The van der Waals surface area contributed by atoms with E-state index in [0.29, 0.717) is 5.92 Å². The zero-order valence-corrected chi connectivity index (χ0v) is 30.0. The first kappa shape index (κ1) is 31.2. The van der Waals surface area contributed by atoms with Gasteiger partial charge in [-0.15, -0.1) is 0 Å². The van der Waals surface area contributed by atoms with Crippen molar-refractivity contribution in [1.82, 2.24) is 4.57 Å². The van der Waals surface area contributed by atoms with Crippen molar-refractivity contribution in [3.63, 3.8) is 0 Å². The second kappa shape index (κ2) is 12.1. The molecule has 0 spiro atoms. The molecule has 1 aliphatic carbocycles. The number of rotatable bonds is 10. The molecule has 8 rings (SSSR count). The van der Waals surface area contributed by atoms with Gasteiger partial charge in [0.15, 0.2) is 0 Å². The number of nitrogens with zero attached hydrogens (tertiary/aromatic N) is 1. The molecule has 5 aromatic carbocycles. The molecule has 0 saturated heterocycles. The normalized spacial score (nSPS) is 16.7. The molecule has 0 bridgehead atoms. The predicted octanol–water partition coefficient (Wildman–Crippen LogP) is 13.5. The van der Waals surface area contributed by atoms with Crippen LogP contribution in [-0.4, -0.2) is 4.57 Å². The summed E-state index contributed by atoms with van der Waals surface area (Å²) < 4.78 is 2.56. The van der Waals surface area contributed by atoms with E-state index < -0.39 is 0 Å². The summed E-state index contributed by atoms with van der Waals surface area (Å²) in [6.07, 6.45) is 11.3. The second-order valence-corrected chi connectivity index (χ2v) is 15.4. The average Bonchev–Trinajstić information content (AvgIpc) is 3.55. The third-order valence-electron chi connectivity index (χ3n) is 12.0. The molecule has 0 amide bonds. The molecule has 0 N–H and O–H groups in total. The number of hydrogen-bond donors (Lipinski definition) is 0. The first-order valence-electron chi connectivity index (χ1n) is 18.8. The van der Waals surface area contributed by atoms with Crippen molar-refractivity contribution < 1.29 is 0 Å². The highest BCUT2D eigenvalue weighted by Gasteiger charge is 2.39. The van der Waals surface area contributed by atoms with E-state index in [-0.39, 0.29) is 5.41 Å². The Hall–Kier alpha value is -4.10. The Kier molecular flexibility index (Phi) is 7.86. The van der Waals surface area contributed by atoms with Crippen molar-refractivity contribution in [3.8, 4) is 27.9 Å². The van der Waals surface area contributed by atoms with Gasteiger partial charge in [-0.3, -0.25) is 0 Å². The number of benzene rings is 5. The molecule has 1 aromatic heterocycles. The molecule has 2 atom stereocenters. The third kappa shape index (κ3) is 4.96. The van der Waals surface area contributed by atoms with Gasteiger partial charge in [-0.05, 0) is 119 Å². The molecule has 2 aliphatic rings. The minimum absolute atomic E-state index is 0.0360. The molecular formula is C47H51N. The average molecular weight is 630 g/mol. The Morgan fingerprint density at radius 1 is 0.667 bits per heavy atom. The SMILES string of the molecule is CCCCCCCCC1(C)c2cc(C)ccc2-c2ccc(-c3cc4c5c(c3)c3cc(C)ccc3n5-c3ccc(C(C)CC)cc3C4)cc21. The predicted molar refractivity (Wildman–Crippen MR) is 207 cm³/mol. The Bertz CT molecular complexity index is 2190. The molecule has 2 heterocycles. The topological polar surface area (TPSA) is 4.93 Å². The first-order valence-corrected chi connectivity index (χ1v) is 18.8. The van der Waals surface area contributed by atoms with Crippen molar-refractivity contribution in [2.75, 3.05) is 0 Å². The molecule has 48 heavy (non-hydrogen) atoms. The van der Waals surface area contributed by atoms with E-state index in [4.69, 9.17) is 0 Å². The van der Waals surface area contributed by atoms with Crippen LogP contribution in [-0.2, 0) is 11.8 Å². The van der Waals surface area contributed by atoms with Crippen molar-refractivity contribution in [3.05, 3.63) is 124 Å². The molecule has 2 unspecified atom stereocenters. The van der Waals surface area contributed by atoms with Crippen LogP contribution in [0.25, 0.3) is 49.7 Å². The van der Waals surface area contributed by atoms with Gasteiger partial charge in [0.2, 0.25) is 0 Å². The zero-order chi connectivity index (χ0) is 33.2. The molecule has 1 heteroatoms. The Balaban J connectivity index is 1.26. The van der Waals surface area contributed by atoms with Gasteiger partial charge in [0, 0.05) is 28.3 Å². The highest BCUT2D eigenvalue weighted by Crippen LogP contribution is 2.53. The maximum atomic E-state index is 2.57. The van der Waals surface area contributed by atoms with Crippen molar-refractivity contribution in [2.45, 2.75) is 111 Å². The summed E-state index contributed by atoms with van der Waals surface area (Å²) in [6, 6.07) is 33.8. The van der Waals surface area contributed by atoms with E-state index in [2.05, 4.69) is 131 Å². The van der Waals surface area contributed by atoms with Gasteiger partial charge in [0.25, 0.3) is 0 Å². The van der Waals surface area contributed by atoms with Crippen LogP contribution in [0.15, 0.2) is 84.9 Å². The van der Waals surface area contributed by atoms with Crippen LogP contribution in [0.5, 0.6) is 0 Å². The number of hydrogen-bond acceptors (Lipinski definition) is 0. The van der Waals surface area contributed by atoms with Gasteiger partial charge >= 0.3 is 0 Å². The lowest BCUT2D eigenvalue weighted by molar-refractivity contribution is 0.480. The number of aryl methyl sites for hydroxylation is 2. The molecular weight excluding hydrogens is 579 g/mol. The maximum Gasteiger partial charge on any atom is 0.0577 e. The van der Waals surface area contributed by atoms with E-state index in [9.17, 15) is 0 Å². The van der Waals surface area contributed by atoms with Gasteiger partial charge < -0.3 is 4.57 Å². The Labute approximate surface area is 288 Å². The highest BCUT2D eigenvalue weighted by atomic mass is 15.0. The van der Waals surface area contributed by atoms with E-state index in [0.717, 1.165) is 12.8 Å². The van der Waals surface area contributed by atoms with Gasteiger partial charge in [-0.2, -0.15) is 0 Å². The molecule has 0 saturated carbocycles. The highest BCUT2D eigenvalue weighted by molar-refractivity contribution is 6.12. The summed E-state index contributed by atoms with van der Waals surface area (Å²) in [6.45, 7) is 14.0. The van der Waals surface area contributed by atoms with Crippen LogP contribution in [0.4, 0.5) is 0 Å². The molecule has 0 radical (unpaired) electrons. The Morgan fingerprint density at radius 2 is 1.40 bits per heavy atom. The van der Waals surface area contributed by atoms with E-state index in [1.807, 2.05) is 0 Å². The second-order valence-electron chi connectivity index (χ2n) is 15.4. The zero-order valence-electron chi connectivity index (χ0n) is 30.0. The fourth-order valence-electron chi connectivity index (χ4n) is 9.05. The maximum absolute atomic E-state index is 2.57. The summed E-state index contributed by atoms with van der Waals surface area (Å²) in [5, 5.41) is 2.75. The molecule has 0 fully saturated rings. The first-order chi connectivity index (χ1) is 23.3. The fourth-order valence-corrected chi connectivity index (χ4v) is 9.05. The fraction of sp³-hybridized carbons (Fsp3) is 0.362. The van der Waals surface area contributed by atoms with E-state index in [1.54, 1.807) is 0 Å². The quantitative estimate of drug-likeness (QED) is 0.133. The summed E-state index contributed by atoms with van der Waals surface area (Å²) in [5.74, 6) is 0.567. The standard InChI is InChI=1S/C47H51N/c1-7-9-10-11-12-13-22-47(6)42-24-31(4)14-18-38(42)39-19-16-34(29-43(39)47)35-26-37-27-36-25-33(32(5)8-2)17-21-44(36)48-45-20-15-30(3)23-40(45)41(28-35)46(37)48/h14-21,23-26,28-29,32H,7-13,22,27H2,1-6H3. The van der Waals surface area contributed by atoms with Crippen LogP contribution in [0.2, 0.25) is 0 Å². The minimum Gasteiger partial charge on any atom is -0.309 e. The van der Waals surface area contributed by atoms with Crippen LogP contribution in [0.3, 0.4) is 0 Å². The molecule has 1 aliphatic heterocycles. The lowest BCUT2D eigenvalue weighted by atomic mass is 9.75. The summed E-state index contributed by atoms with van der Waals surface area (Å²) >= 11 is 0. The lowest BCUT2D eigenvalue weighted by Crippen LogP contribution is -2.21. The third-order valence-corrected chi connectivity index (χ3v) is 12.0. The summed E-state index contributed by atoms with van der Waals surface area (Å²) in [5.41, 5.74) is 19.7. The largest absolute Gasteiger partial charge is 0.309 e. The number of unbranched alkanes of at least 4 members (excludes halogenated alkanes) is 5. The van der Waals surface area contributed by atoms with Crippen LogP contribution in [0.1, 0.15) is 124 Å². The van der Waals surface area contributed by atoms with Crippen LogP contribution in [0, 0.1) is 13.8 Å². The van der Waals surface area contributed by atoms with Crippen molar-refractivity contribution >= 4 is 21.8 Å². The molecule has 1 nitrogen and oxygen atoms in total.